The first kappa shape index (κ1) is 18.3. The largest absolute Gasteiger partial charge is 0.368 e. The molecule has 0 unspecified atom stereocenters. The molecule has 1 fully saturated rings. The molecule has 0 saturated carbocycles. The fraction of sp³-hybridized carbons (Fsp3) is 0.160. The summed E-state index contributed by atoms with van der Waals surface area (Å²) in [7, 11) is 0. The minimum atomic E-state index is 0.0210. The molecule has 0 atom stereocenters. The van der Waals surface area contributed by atoms with Gasteiger partial charge in [0.05, 0.1) is 11.1 Å². The SMILES string of the molecule is O=C(c1c(-c2ccccc2)nnc2ccccc12)N1CCN(c2ccccc2)CC1. The number of anilines is 1. The second-order valence-corrected chi connectivity index (χ2v) is 7.42. The third-order valence-corrected chi connectivity index (χ3v) is 5.62. The molecular formula is C25H22N4O. The molecular weight excluding hydrogens is 372 g/mol. The molecule has 148 valence electrons. The first-order valence-corrected chi connectivity index (χ1v) is 10.2. The van der Waals surface area contributed by atoms with Crippen molar-refractivity contribution in [2.45, 2.75) is 0 Å². The van der Waals surface area contributed by atoms with E-state index in [-0.39, 0.29) is 5.91 Å². The van der Waals surface area contributed by atoms with Gasteiger partial charge in [0.1, 0.15) is 5.69 Å². The van der Waals surface area contributed by atoms with Crippen LogP contribution in [-0.4, -0.2) is 47.2 Å². The van der Waals surface area contributed by atoms with Gasteiger partial charge >= 0.3 is 0 Å². The highest BCUT2D eigenvalue weighted by molar-refractivity contribution is 6.10. The van der Waals surface area contributed by atoms with E-state index in [4.69, 9.17) is 0 Å². The number of piperazine rings is 1. The molecule has 0 radical (unpaired) electrons. The van der Waals surface area contributed by atoms with E-state index in [1.54, 1.807) is 0 Å². The zero-order valence-corrected chi connectivity index (χ0v) is 16.6. The highest BCUT2D eigenvalue weighted by atomic mass is 16.2. The van der Waals surface area contributed by atoms with Crippen molar-refractivity contribution in [1.29, 1.82) is 0 Å². The lowest BCUT2D eigenvalue weighted by atomic mass is 10.0. The van der Waals surface area contributed by atoms with Crippen LogP contribution in [0, 0.1) is 0 Å². The number of para-hydroxylation sites is 1. The first-order valence-electron chi connectivity index (χ1n) is 10.2. The Hall–Kier alpha value is -3.73. The highest BCUT2D eigenvalue weighted by Crippen LogP contribution is 2.28. The van der Waals surface area contributed by atoms with E-state index in [1.807, 2.05) is 77.7 Å². The zero-order chi connectivity index (χ0) is 20.3. The molecule has 1 aromatic heterocycles. The molecule has 0 aliphatic carbocycles. The van der Waals surface area contributed by atoms with E-state index >= 15 is 0 Å². The van der Waals surface area contributed by atoms with Crippen LogP contribution < -0.4 is 4.90 Å². The summed E-state index contributed by atoms with van der Waals surface area (Å²) in [5.74, 6) is 0.0210. The molecule has 1 saturated heterocycles. The van der Waals surface area contributed by atoms with Crippen LogP contribution in [0.1, 0.15) is 10.4 Å². The predicted octanol–water partition coefficient (Wildman–Crippen LogP) is 4.26. The summed E-state index contributed by atoms with van der Waals surface area (Å²) in [6, 6.07) is 27.9. The Morgan fingerprint density at radius 2 is 1.33 bits per heavy atom. The summed E-state index contributed by atoms with van der Waals surface area (Å²) in [6.07, 6.45) is 0. The summed E-state index contributed by atoms with van der Waals surface area (Å²) in [6.45, 7) is 2.98. The van der Waals surface area contributed by atoms with Gasteiger partial charge < -0.3 is 9.80 Å². The number of fused-ring (bicyclic) bond motifs is 1. The van der Waals surface area contributed by atoms with Crippen LogP contribution in [0.3, 0.4) is 0 Å². The van der Waals surface area contributed by atoms with Crippen molar-refractivity contribution in [3.05, 3.63) is 90.5 Å². The minimum Gasteiger partial charge on any atom is -0.368 e. The van der Waals surface area contributed by atoms with Crippen molar-refractivity contribution in [3.8, 4) is 11.3 Å². The summed E-state index contributed by atoms with van der Waals surface area (Å²) < 4.78 is 0. The van der Waals surface area contributed by atoms with Crippen molar-refractivity contribution in [2.75, 3.05) is 31.1 Å². The van der Waals surface area contributed by atoms with Crippen LogP contribution in [-0.2, 0) is 0 Å². The van der Waals surface area contributed by atoms with E-state index in [9.17, 15) is 4.79 Å². The quantitative estimate of drug-likeness (QED) is 0.521. The maximum atomic E-state index is 13.7. The highest BCUT2D eigenvalue weighted by Gasteiger charge is 2.27. The summed E-state index contributed by atoms with van der Waals surface area (Å²) in [5, 5.41) is 9.67. The number of aromatic nitrogens is 2. The van der Waals surface area contributed by atoms with Crippen molar-refractivity contribution in [3.63, 3.8) is 0 Å². The first-order chi connectivity index (χ1) is 14.8. The van der Waals surface area contributed by atoms with Gasteiger partial charge in [-0.05, 0) is 18.2 Å². The third-order valence-electron chi connectivity index (χ3n) is 5.62. The van der Waals surface area contributed by atoms with Gasteiger partial charge in [0.15, 0.2) is 0 Å². The van der Waals surface area contributed by atoms with Crippen LogP contribution in [0.25, 0.3) is 22.2 Å². The molecule has 0 bridgehead atoms. The van der Waals surface area contributed by atoms with Crippen LogP contribution in [0.15, 0.2) is 84.9 Å². The molecule has 5 heteroatoms. The fourth-order valence-electron chi connectivity index (χ4n) is 4.03. The molecule has 30 heavy (non-hydrogen) atoms. The lowest BCUT2D eigenvalue weighted by Gasteiger charge is -2.36. The van der Waals surface area contributed by atoms with E-state index < -0.39 is 0 Å². The maximum absolute atomic E-state index is 13.7. The molecule has 0 spiro atoms. The third kappa shape index (κ3) is 3.39. The Kier molecular flexibility index (Phi) is 4.85. The molecule has 5 nitrogen and oxygen atoms in total. The van der Waals surface area contributed by atoms with Gasteiger partial charge in [-0.2, -0.15) is 0 Å². The molecule has 3 aromatic carbocycles. The van der Waals surface area contributed by atoms with Gasteiger partial charge in [0.2, 0.25) is 0 Å². The molecule has 2 heterocycles. The van der Waals surface area contributed by atoms with Gasteiger partial charge in [0.25, 0.3) is 5.91 Å². The number of nitrogens with zero attached hydrogens (tertiary/aromatic N) is 4. The normalized spacial score (nSPS) is 14.1. The average molecular weight is 394 g/mol. The monoisotopic (exact) mass is 394 g/mol. The van der Waals surface area contributed by atoms with Crippen molar-refractivity contribution >= 4 is 22.5 Å². The Balaban J connectivity index is 1.49. The lowest BCUT2D eigenvalue weighted by molar-refractivity contribution is 0.0749. The standard InChI is InChI=1S/C25H22N4O/c30-25(29-17-15-28(16-18-29)20-11-5-2-6-12-20)23-21-13-7-8-14-22(21)26-27-24(23)19-9-3-1-4-10-19/h1-14H,15-18H2. The smallest absolute Gasteiger partial charge is 0.256 e. The van der Waals surface area contributed by atoms with Crippen molar-refractivity contribution in [1.82, 2.24) is 15.1 Å². The summed E-state index contributed by atoms with van der Waals surface area (Å²) in [4.78, 5) is 18.0. The van der Waals surface area contributed by atoms with Crippen molar-refractivity contribution < 1.29 is 4.79 Å². The number of carbonyl (C=O) groups excluding carboxylic acids is 1. The number of hydrogen-bond donors (Lipinski definition) is 0. The van der Waals surface area contributed by atoms with Crippen LogP contribution in [0.5, 0.6) is 0 Å². The summed E-state index contributed by atoms with van der Waals surface area (Å²) >= 11 is 0. The second-order valence-electron chi connectivity index (χ2n) is 7.42. The fourth-order valence-corrected chi connectivity index (χ4v) is 4.03. The Morgan fingerprint density at radius 1 is 0.700 bits per heavy atom. The molecule has 4 aromatic rings. The molecule has 5 rings (SSSR count). The van der Waals surface area contributed by atoms with Gasteiger partial charge in [-0.25, -0.2) is 0 Å². The molecule has 1 aliphatic heterocycles. The Bertz CT molecular complexity index is 1170. The number of amides is 1. The van der Waals surface area contributed by atoms with Gasteiger partial charge in [-0.3, -0.25) is 4.79 Å². The van der Waals surface area contributed by atoms with Crippen LogP contribution in [0.2, 0.25) is 0 Å². The van der Waals surface area contributed by atoms with Crippen molar-refractivity contribution in [2.24, 2.45) is 0 Å². The predicted molar refractivity (Wildman–Crippen MR) is 120 cm³/mol. The van der Waals surface area contributed by atoms with E-state index in [0.717, 1.165) is 29.6 Å². The number of carbonyl (C=O) groups is 1. The van der Waals surface area contributed by atoms with Crippen LogP contribution in [0.4, 0.5) is 5.69 Å². The molecule has 1 aliphatic rings. The number of benzene rings is 3. The zero-order valence-electron chi connectivity index (χ0n) is 16.6. The summed E-state index contributed by atoms with van der Waals surface area (Å²) in [5.41, 5.74) is 4.13. The lowest BCUT2D eigenvalue weighted by Crippen LogP contribution is -2.49. The van der Waals surface area contributed by atoms with E-state index in [1.165, 1.54) is 5.69 Å². The van der Waals surface area contributed by atoms with Gasteiger partial charge in [-0.15, -0.1) is 10.2 Å². The topological polar surface area (TPSA) is 49.3 Å². The van der Waals surface area contributed by atoms with E-state index in [0.29, 0.717) is 24.3 Å². The molecule has 0 N–H and O–H groups in total. The van der Waals surface area contributed by atoms with E-state index in [2.05, 4.69) is 27.2 Å². The van der Waals surface area contributed by atoms with Gasteiger partial charge in [0, 0.05) is 42.8 Å². The minimum absolute atomic E-state index is 0.0210. The second kappa shape index (κ2) is 7.95. The van der Waals surface area contributed by atoms with Gasteiger partial charge in [-0.1, -0.05) is 66.7 Å². The maximum Gasteiger partial charge on any atom is 0.256 e. The average Bonchev–Trinajstić information content (AvgIpc) is 2.84. The number of hydrogen-bond acceptors (Lipinski definition) is 4. The van der Waals surface area contributed by atoms with Crippen LogP contribution >= 0.6 is 0 Å². The molecule has 1 amide bonds. The Labute approximate surface area is 175 Å². The Morgan fingerprint density at radius 3 is 2.07 bits per heavy atom. The number of rotatable bonds is 3.